The maximum atomic E-state index is 8.56. The topological polar surface area (TPSA) is 70.4 Å². The Morgan fingerprint density at radius 2 is 1.55 bits per heavy atom. The van der Waals surface area contributed by atoms with Gasteiger partial charge in [-0.25, -0.2) is 4.79 Å². The number of nitrogens with zero attached hydrogens (tertiary/aromatic N) is 1. The number of carbonyl (C=O) groups is 1. The smallest absolute Gasteiger partial charge is 1.00 e. The molecule has 0 unspecified atom stereocenters. The zero-order valence-corrected chi connectivity index (χ0v) is 9.26. The van der Waals surface area contributed by atoms with Gasteiger partial charge in [0.1, 0.15) is 0 Å². The summed E-state index contributed by atoms with van der Waals surface area (Å²) in [5.41, 5.74) is 0. The minimum atomic E-state index is -1.83. The average Bonchev–Trinajstić information content (AvgIpc) is 1.90. The Hall–Kier alpha value is 0.0564. The Morgan fingerprint density at radius 1 is 1.18 bits per heavy atom. The molecule has 0 atom stereocenters. The molecular formula is C6H8KNO3. The molecule has 56 valence electrons. The zero-order valence-electron chi connectivity index (χ0n) is 7.14. The van der Waals surface area contributed by atoms with Gasteiger partial charge in [0.2, 0.25) is 0 Å². The number of hydrogen-bond acceptors (Lipinski definition) is 2. The van der Waals surface area contributed by atoms with E-state index in [1.165, 1.54) is 0 Å². The normalized spacial score (nSPS) is 6.55. The summed E-state index contributed by atoms with van der Waals surface area (Å²) in [6, 6.07) is 5.72. The Kier molecular flexibility index (Phi) is 12.5. The van der Waals surface area contributed by atoms with Gasteiger partial charge in [-0.3, -0.25) is 4.98 Å². The van der Waals surface area contributed by atoms with E-state index in [-0.39, 0.29) is 52.8 Å². The van der Waals surface area contributed by atoms with E-state index in [9.17, 15) is 0 Å². The second-order valence-electron chi connectivity index (χ2n) is 1.31. The Labute approximate surface area is 108 Å². The summed E-state index contributed by atoms with van der Waals surface area (Å²) in [6.07, 6.45) is 1.67. The summed E-state index contributed by atoms with van der Waals surface area (Å²) in [5, 5.41) is 13.9. The molecule has 0 bridgehead atoms. The minimum Gasteiger partial charge on any atom is -1.00 e. The second kappa shape index (κ2) is 10.1. The van der Waals surface area contributed by atoms with Gasteiger partial charge in [0.05, 0.1) is 0 Å². The van der Waals surface area contributed by atoms with Gasteiger partial charge >= 0.3 is 57.5 Å². The first-order valence-corrected chi connectivity index (χ1v) is 2.50. The van der Waals surface area contributed by atoms with Crippen molar-refractivity contribution in [2.45, 2.75) is 0 Å². The molecule has 4 nitrogen and oxygen atoms in total. The number of aromatic nitrogens is 1. The molecular weight excluding hydrogens is 173 g/mol. The van der Waals surface area contributed by atoms with E-state index in [0.29, 0.717) is 0 Å². The Balaban J connectivity index is -0.000000124. The summed E-state index contributed by atoms with van der Waals surface area (Å²) in [6.45, 7) is 0. The van der Waals surface area contributed by atoms with E-state index in [1.807, 2.05) is 18.2 Å². The average molecular weight is 181 g/mol. The molecule has 0 amide bonds. The maximum absolute atomic E-state index is 8.56. The van der Waals surface area contributed by atoms with Gasteiger partial charge in [-0.15, -0.1) is 0 Å². The van der Waals surface area contributed by atoms with Crippen LogP contribution in [0.5, 0.6) is 0 Å². The fraction of sp³-hybridized carbons (Fsp3) is 0. The van der Waals surface area contributed by atoms with E-state index in [0.717, 1.165) is 0 Å². The van der Waals surface area contributed by atoms with Crippen LogP contribution in [-0.4, -0.2) is 21.4 Å². The molecule has 0 aliphatic carbocycles. The van der Waals surface area contributed by atoms with Crippen molar-refractivity contribution in [2.24, 2.45) is 0 Å². The molecule has 0 aliphatic heterocycles. The van der Waals surface area contributed by atoms with E-state index >= 15 is 0 Å². The van der Waals surface area contributed by atoms with Gasteiger partial charge in [0.25, 0.3) is 0 Å². The molecule has 1 aromatic heterocycles. The third-order valence-electron chi connectivity index (χ3n) is 0.566. The fourth-order valence-electron chi connectivity index (χ4n) is 0.313. The van der Waals surface area contributed by atoms with Crippen LogP contribution in [0.3, 0.4) is 0 Å². The van der Waals surface area contributed by atoms with Crippen LogP contribution in [0.1, 0.15) is 1.43 Å². The van der Waals surface area contributed by atoms with Crippen LogP contribution in [0.2, 0.25) is 0 Å². The van der Waals surface area contributed by atoms with Crippen LogP contribution >= 0.6 is 0 Å². The third-order valence-corrected chi connectivity index (χ3v) is 0.566. The van der Waals surface area contributed by atoms with Gasteiger partial charge in [-0.05, 0) is 12.1 Å². The Morgan fingerprint density at radius 3 is 1.64 bits per heavy atom. The third kappa shape index (κ3) is 17.8. The first-order valence-electron chi connectivity index (χ1n) is 2.50. The van der Waals surface area contributed by atoms with Crippen molar-refractivity contribution in [3.05, 3.63) is 30.6 Å². The standard InChI is InChI=1S/C5H5N.CH2O3.K.H/c1-2-4-6-5-3-1;2-1(3)4;;/h1-5H;(H2,2,3,4);;/q;;+1;-1. The van der Waals surface area contributed by atoms with Crippen LogP contribution in [0.25, 0.3) is 0 Å². The molecule has 5 heteroatoms. The van der Waals surface area contributed by atoms with Gasteiger partial charge in [-0.1, -0.05) is 6.07 Å². The van der Waals surface area contributed by atoms with Crippen molar-refractivity contribution in [1.82, 2.24) is 4.98 Å². The van der Waals surface area contributed by atoms with Crippen LogP contribution in [0.4, 0.5) is 4.79 Å². The molecule has 0 saturated heterocycles. The summed E-state index contributed by atoms with van der Waals surface area (Å²) in [7, 11) is 0. The van der Waals surface area contributed by atoms with E-state index in [2.05, 4.69) is 4.98 Å². The van der Waals surface area contributed by atoms with Crippen molar-refractivity contribution in [1.29, 1.82) is 0 Å². The molecule has 0 radical (unpaired) electrons. The molecule has 0 aliphatic rings. The SMILES string of the molecule is O=C(O)O.[H-].[K+].c1ccncc1. The van der Waals surface area contributed by atoms with E-state index < -0.39 is 6.16 Å². The molecule has 11 heavy (non-hydrogen) atoms. The summed E-state index contributed by atoms with van der Waals surface area (Å²) in [4.78, 5) is 12.3. The predicted octanol–water partition coefficient (Wildman–Crippen LogP) is -1.58. The zero-order chi connectivity index (χ0) is 7.82. The molecule has 1 rings (SSSR count). The fourth-order valence-corrected chi connectivity index (χ4v) is 0.313. The summed E-state index contributed by atoms with van der Waals surface area (Å²) in [5.74, 6) is 0. The van der Waals surface area contributed by atoms with Gasteiger partial charge < -0.3 is 11.6 Å². The van der Waals surface area contributed by atoms with E-state index in [4.69, 9.17) is 15.0 Å². The molecule has 0 spiro atoms. The van der Waals surface area contributed by atoms with Gasteiger partial charge in [0.15, 0.2) is 0 Å². The van der Waals surface area contributed by atoms with Crippen LogP contribution < -0.4 is 51.4 Å². The number of carboxylic acid groups (broad SMARTS) is 2. The monoisotopic (exact) mass is 181 g/mol. The molecule has 2 N–H and O–H groups in total. The van der Waals surface area contributed by atoms with Crippen LogP contribution in [-0.2, 0) is 0 Å². The van der Waals surface area contributed by atoms with Crippen molar-refractivity contribution in [3.8, 4) is 0 Å². The quantitative estimate of drug-likeness (QED) is 0.474. The first-order chi connectivity index (χ1) is 4.73. The van der Waals surface area contributed by atoms with Crippen molar-refractivity contribution >= 4 is 6.16 Å². The molecule has 0 saturated carbocycles. The van der Waals surface area contributed by atoms with Crippen molar-refractivity contribution in [2.75, 3.05) is 0 Å². The molecule has 1 aromatic rings. The predicted molar refractivity (Wildman–Crippen MR) is 36.0 cm³/mol. The van der Waals surface area contributed by atoms with Crippen LogP contribution in [0, 0.1) is 0 Å². The molecule has 0 aromatic carbocycles. The second-order valence-corrected chi connectivity index (χ2v) is 1.31. The Bertz CT molecular complexity index is 155. The molecule has 1 heterocycles. The summed E-state index contributed by atoms with van der Waals surface area (Å²) < 4.78 is 0. The number of hydrogen-bond donors (Lipinski definition) is 2. The minimum absolute atomic E-state index is 0. The largest absolute Gasteiger partial charge is 1.00 e. The maximum Gasteiger partial charge on any atom is 1.00 e. The number of rotatable bonds is 0. The van der Waals surface area contributed by atoms with Gasteiger partial charge in [0, 0.05) is 12.4 Å². The molecule has 0 fully saturated rings. The van der Waals surface area contributed by atoms with Gasteiger partial charge in [-0.2, -0.15) is 0 Å². The number of pyridine rings is 1. The van der Waals surface area contributed by atoms with Crippen LogP contribution in [0.15, 0.2) is 30.6 Å². The van der Waals surface area contributed by atoms with Crippen molar-refractivity contribution < 1.29 is 67.8 Å². The van der Waals surface area contributed by atoms with E-state index in [1.54, 1.807) is 12.4 Å². The first kappa shape index (κ1) is 13.6. The summed E-state index contributed by atoms with van der Waals surface area (Å²) >= 11 is 0. The van der Waals surface area contributed by atoms with Crippen molar-refractivity contribution in [3.63, 3.8) is 0 Å².